The van der Waals surface area contributed by atoms with Gasteiger partial charge in [0.25, 0.3) is 5.91 Å². The van der Waals surface area contributed by atoms with Crippen molar-refractivity contribution in [2.75, 3.05) is 20.3 Å². The predicted octanol–water partition coefficient (Wildman–Crippen LogP) is 4.26. The Labute approximate surface area is 165 Å². The van der Waals surface area contributed by atoms with Crippen LogP contribution in [0.1, 0.15) is 25.8 Å². The minimum Gasteiger partial charge on any atom is -0.493 e. The number of carbonyl (C=O) groups is 1. The van der Waals surface area contributed by atoms with Crippen LogP contribution >= 0.6 is 11.6 Å². The summed E-state index contributed by atoms with van der Waals surface area (Å²) in [6.07, 6.45) is 1.05. The van der Waals surface area contributed by atoms with Crippen molar-refractivity contribution in [3.8, 4) is 17.2 Å². The Hall–Kier alpha value is -2.40. The van der Waals surface area contributed by atoms with Crippen molar-refractivity contribution < 1.29 is 19.0 Å². The monoisotopic (exact) mass is 391 g/mol. The van der Waals surface area contributed by atoms with Gasteiger partial charge in [-0.3, -0.25) is 4.79 Å². The Balaban J connectivity index is 1.76. The lowest BCUT2D eigenvalue weighted by atomic mass is 10.1. The molecule has 0 bridgehead atoms. The van der Waals surface area contributed by atoms with Crippen molar-refractivity contribution in [2.24, 2.45) is 0 Å². The van der Waals surface area contributed by atoms with Gasteiger partial charge in [0.2, 0.25) is 0 Å². The van der Waals surface area contributed by atoms with E-state index in [1.165, 1.54) is 0 Å². The Morgan fingerprint density at radius 2 is 2.00 bits per heavy atom. The minimum absolute atomic E-state index is 0.153. The van der Waals surface area contributed by atoms with Crippen molar-refractivity contribution in [3.05, 3.63) is 53.1 Å². The van der Waals surface area contributed by atoms with Crippen LogP contribution in [0.2, 0.25) is 5.02 Å². The fourth-order valence-electron chi connectivity index (χ4n) is 2.59. The lowest BCUT2D eigenvalue weighted by Crippen LogP contribution is -2.36. The van der Waals surface area contributed by atoms with Crippen LogP contribution in [0.5, 0.6) is 17.2 Å². The third-order valence-electron chi connectivity index (χ3n) is 3.95. The molecule has 1 atom stereocenters. The zero-order chi connectivity index (χ0) is 19.6. The van der Waals surface area contributed by atoms with E-state index in [-0.39, 0.29) is 5.91 Å². The average Bonchev–Trinajstić information content (AvgIpc) is 2.66. The summed E-state index contributed by atoms with van der Waals surface area (Å²) >= 11 is 5.92. The number of rotatable bonds is 10. The van der Waals surface area contributed by atoms with Gasteiger partial charge in [0.05, 0.1) is 13.7 Å². The average molecular weight is 392 g/mol. The number of carbonyl (C=O) groups excluding carboxylic acids is 1. The maximum atomic E-state index is 12.2. The number of hydrogen-bond donors (Lipinski definition) is 1. The van der Waals surface area contributed by atoms with Crippen molar-refractivity contribution in [1.82, 2.24) is 5.32 Å². The van der Waals surface area contributed by atoms with E-state index in [4.69, 9.17) is 25.8 Å². The van der Waals surface area contributed by atoms with Crippen LogP contribution in [0.4, 0.5) is 0 Å². The fourth-order valence-corrected chi connectivity index (χ4v) is 2.77. The van der Waals surface area contributed by atoms with Crippen molar-refractivity contribution in [1.29, 1.82) is 0 Å². The Morgan fingerprint density at radius 3 is 2.70 bits per heavy atom. The van der Waals surface area contributed by atoms with Gasteiger partial charge in [0.1, 0.15) is 5.75 Å². The smallest absolute Gasteiger partial charge is 0.260 e. The van der Waals surface area contributed by atoms with Crippen molar-refractivity contribution >= 4 is 17.5 Å². The molecule has 0 unspecified atom stereocenters. The summed E-state index contributed by atoms with van der Waals surface area (Å²) in [5, 5.41) is 3.47. The summed E-state index contributed by atoms with van der Waals surface area (Å²) in [6, 6.07) is 12.9. The summed E-state index contributed by atoms with van der Waals surface area (Å²) in [5.41, 5.74) is 1.13. The Kier molecular flexibility index (Phi) is 8.27. The van der Waals surface area contributed by atoms with Crippen molar-refractivity contribution in [2.45, 2.75) is 32.8 Å². The van der Waals surface area contributed by atoms with E-state index in [0.29, 0.717) is 23.9 Å². The minimum atomic E-state index is -0.589. The van der Waals surface area contributed by atoms with Crippen molar-refractivity contribution in [3.63, 3.8) is 0 Å². The summed E-state index contributed by atoms with van der Waals surface area (Å²) in [7, 11) is 1.63. The van der Waals surface area contributed by atoms with Crippen LogP contribution in [0, 0.1) is 0 Å². The van der Waals surface area contributed by atoms with Crippen LogP contribution in [0.25, 0.3) is 0 Å². The van der Waals surface area contributed by atoms with Crippen LogP contribution in [-0.2, 0) is 11.2 Å². The number of hydrogen-bond acceptors (Lipinski definition) is 4. The third-order valence-corrected chi connectivity index (χ3v) is 4.18. The third kappa shape index (κ3) is 6.68. The van der Waals surface area contributed by atoms with E-state index in [1.807, 2.05) is 25.1 Å². The fraction of sp³-hybridized carbons (Fsp3) is 0.381. The molecule has 6 heteroatoms. The summed E-state index contributed by atoms with van der Waals surface area (Å²) < 4.78 is 16.5. The molecule has 2 rings (SSSR count). The molecule has 0 aliphatic carbocycles. The van der Waals surface area contributed by atoms with Crippen LogP contribution in [0.3, 0.4) is 0 Å². The van der Waals surface area contributed by atoms with Crippen LogP contribution < -0.4 is 19.5 Å². The molecule has 0 saturated carbocycles. The van der Waals surface area contributed by atoms with E-state index < -0.39 is 6.10 Å². The zero-order valence-corrected chi connectivity index (χ0v) is 16.7. The number of methoxy groups -OCH3 is 1. The molecular weight excluding hydrogens is 366 g/mol. The van der Waals surface area contributed by atoms with Gasteiger partial charge in [-0.25, -0.2) is 0 Å². The molecule has 2 aromatic carbocycles. The highest BCUT2D eigenvalue weighted by Gasteiger charge is 2.14. The first-order valence-corrected chi connectivity index (χ1v) is 9.41. The number of aryl methyl sites for hydroxylation is 1. The van der Waals surface area contributed by atoms with Crippen LogP contribution in [0.15, 0.2) is 42.5 Å². The quantitative estimate of drug-likeness (QED) is 0.615. The maximum Gasteiger partial charge on any atom is 0.260 e. The summed E-state index contributed by atoms with van der Waals surface area (Å²) in [6.45, 7) is 4.81. The molecule has 0 aliphatic heterocycles. The SMILES string of the molecule is CCOc1ccc(CCCNC(=O)[C@H](C)Oc2cccc(Cl)c2)cc1OC. The van der Waals surface area contributed by atoms with E-state index in [9.17, 15) is 4.79 Å². The largest absolute Gasteiger partial charge is 0.493 e. The summed E-state index contributed by atoms with van der Waals surface area (Å²) in [5.74, 6) is 1.89. The predicted molar refractivity (Wildman–Crippen MR) is 107 cm³/mol. The van der Waals surface area contributed by atoms with Gasteiger partial charge in [-0.15, -0.1) is 0 Å². The molecule has 146 valence electrons. The molecule has 0 saturated heterocycles. The molecule has 27 heavy (non-hydrogen) atoms. The number of ether oxygens (including phenoxy) is 3. The van der Waals surface area contributed by atoms with Gasteiger partial charge >= 0.3 is 0 Å². The van der Waals surface area contributed by atoms with Gasteiger partial charge in [0, 0.05) is 11.6 Å². The number of nitrogens with one attached hydrogen (secondary N) is 1. The van der Waals surface area contributed by atoms with Gasteiger partial charge in [0.15, 0.2) is 17.6 Å². The van der Waals surface area contributed by atoms with Gasteiger partial charge < -0.3 is 19.5 Å². The molecule has 1 amide bonds. The molecular formula is C21H26ClNO4. The normalized spacial score (nSPS) is 11.6. The van der Waals surface area contributed by atoms with E-state index in [2.05, 4.69) is 5.32 Å². The highest BCUT2D eigenvalue weighted by atomic mass is 35.5. The first kappa shape index (κ1) is 20.9. The number of halogens is 1. The first-order valence-electron chi connectivity index (χ1n) is 9.03. The van der Waals surface area contributed by atoms with E-state index in [1.54, 1.807) is 38.3 Å². The molecule has 1 N–H and O–H groups in total. The molecule has 2 aromatic rings. The molecule has 0 aliphatic rings. The zero-order valence-electron chi connectivity index (χ0n) is 16.0. The lowest BCUT2D eigenvalue weighted by molar-refractivity contribution is -0.127. The van der Waals surface area contributed by atoms with E-state index >= 15 is 0 Å². The second kappa shape index (κ2) is 10.7. The highest BCUT2D eigenvalue weighted by molar-refractivity contribution is 6.30. The summed E-state index contributed by atoms with van der Waals surface area (Å²) in [4.78, 5) is 12.2. The molecule has 0 aromatic heterocycles. The maximum absolute atomic E-state index is 12.2. The van der Waals surface area contributed by atoms with Gasteiger partial charge in [-0.1, -0.05) is 23.7 Å². The van der Waals surface area contributed by atoms with Gasteiger partial charge in [-0.2, -0.15) is 0 Å². The molecule has 0 spiro atoms. The first-order chi connectivity index (χ1) is 13.0. The standard InChI is InChI=1S/C21H26ClNO4/c1-4-26-19-11-10-16(13-20(19)25-3)7-6-12-23-21(24)15(2)27-18-9-5-8-17(22)14-18/h5,8-11,13-15H,4,6-7,12H2,1-3H3,(H,23,24)/t15-/m0/s1. The Bertz CT molecular complexity index is 751. The lowest BCUT2D eigenvalue weighted by Gasteiger charge is -2.15. The van der Waals surface area contributed by atoms with Crippen LogP contribution in [-0.4, -0.2) is 32.3 Å². The number of amides is 1. The number of benzene rings is 2. The molecule has 0 heterocycles. The molecule has 0 radical (unpaired) electrons. The van der Waals surface area contributed by atoms with E-state index in [0.717, 1.165) is 29.9 Å². The Morgan fingerprint density at radius 1 is 1.19 bits per heavy atom. The second-order valence-corrected chi connectivity index (χ2v) is 6.47. The second-order valence-electron chi connectivity index (χ2n) is 6.03. The van der Waals surface area contributed by atoms with Gasteiger partial charge in [-0.05, 0) is 62.6 Å². The molecule has 5 nitrogen and oxygen atoms in total. The molecule has 0 fully saturated rings. The topological polar surface area (TPSA) is 56.8 Å². The highest BCUT2D eigenvalue weighted by Crippen LogP contribution is 2.28.